The zero-order valence-corrected chi connectivity index (χ0v) is 28.5. The molecule has 2 aliphatic rings. The van der Waals surface area contributed by atoms with Crippen LogP contribution in [0.1, 0.15) is 78.7 Å². The Morgan fingerprint density at radius 3 is 2.06 bits per heavy atom. The van der Waals surface area contributed by atoms with E-state index in [-0.39, 0.29) is 24.8 Å². The second-order valence-corrected chi connectivity index (χ2v) is 13.3. The first-order valence-corrected chi connectivity index (χ1v) is 16.5. The van der Waals surface area contributed by atoms with Crippen LogP contribution >= 0.6 is 0 Å². The number of carbonyl (C=O) groups excluding carboxylic acids is 6. The predicted molar refractivity (Wildman–Crippen MR) is 174 cm³/mol. The average Bonchev–Trinajstić information content (AvgIpc) is 3.72. The molecule has 13 heteroatoms. The maximum absolute atomic E-state index is 13.5. The van der Waals surface area contributed by atoms with E-state index in [0.717, 1.165) is 5.56 Å². The molecule has 1 aromatic carbocycles. The molecule has 0 saturated carbocycles. The van der Waals surface area contributed by atoms with Gasteiger partial charge in [0.05, 0.1) is 13.7 Å². The first-order chi connectivity index (χ1) is 22.2. The summed E-state index contributed by atoms with van der Waals surface area (Å²) in [5.41, 5.74) is 0.226. The smallest absolute Gasteiger partial charge is 0.407 e. The van der Waals surface area contributed by atoms with Gasteiger partial charge in [-0.25, -0.2) is 9.59 Å². The first-order valence-electron chi connectivity index (χ1n) is 16.5. The van der Waals surface area contributed by atoms with Crippen molar-refractivity contribution in [3.8, 4) is 0 Å². The lowest BCUT2D eigenvalue weighted by atomic mass is 9.98. The number of carbonyl (C=O) groups is 6. The number of nitrogens with one attached hydrogen (secondary N) is 3. The summed E-state index contributed by atoms with van der Waals surface area (Å²) in [6, 6.07) is 6.55. The Balaban J connectivity index is 1.60. The maximum atomic E-state index is 13.5. The molecule has 2 aliphatic heterocycles. The van der Waals surface area contributed by atoms with E-state index in [9.17, 15) is 28.8 Å². The zero-order valence-electron chi connectivity index (χ0n) is 28.5. The molecule has 3 N–H and O–H groups in total. The number of hydrogen-bond donors (Lipinski definition) is 3. The minimum absolute atomic E-state index is 0.0371. The Kier molecular flexibility index (Phi) is 13.6. The van der Waals surface area contributed by atoms with Gasteiger partial charge >= 0.3 is 12.1 Å². The highest BCUT2D eigenvalue weighted by atomic mass is 16.6. The number of hydrogen-bond acceptors (Lipinski definition) is 8. The standard InChI is InChI=1S/C34H51N5O8/c1-7-22(2)29(32(44)46-6)37-31(43)26-16-12-18-39(26)28(41)21-35-30(42)25-15-11-17-38(25)27(40)20-24(19-23-13-9-8-10-14-23)36-33(45)47-34(3,4)5/h8-10,13-14,22,24-26,29H,7,11-12,15-21H2,1-6H3,(H,35,42)(H,36,45)(H,37,43)/t22-,24-,25-,26-,29-/m0/s1. The van der Waals surface area contributed by atoms with Crippen LogP contribution in [-0.2, 0) is 39.9 Å². The van der Waals surface area contributed by atoms with Crippen molar-refractivity contribution in [1.29, 1.82) is 0 Å². The van der Waals surface area contributed by atoms with Crippen LogP contribution in [0, 0.1) is 5.92 Å². The molecule has 0 aliphatic carbocycles. The number of nitrogens with zero attached hydrogens (tertiary/aromatic N) is 2. The normalized spacial score (nSPS) is 19.7. The summed E-state index contributed by atoms with van der Waals surface area (Å²) in [6.45, 7) is 9.42. The highest BCUT2D eigenvalue weighted by Gasteiger charge is 2.39. The lowest BCUT2D eigenvalue weighted by Crippen LogP contribution is -2.55. The van der Waals surface area contributed by atoms with Gasteiger partial charge in [0.25, 0.3) is 0 Å². The van der Waals surface area contributed by atoms with E-state index in [0.29, 0.717) is 51.6 Å². The summed E-state index contributed by atoms with van der Waals surface area (Å²) in [6.07, 6.45) is 2.48. The molecule has 1 aromatic rings. The first kappa shape index (κ1) is 37.3. The fourth-order valence-electron chi connectivity index (χ4n) is 5.98. The van der Waals surface area contributed by atoms with Crippen LogP contribution in [0.2, 0.25) is 0 Å². The fraction of sp³-hybridized carbons (Fsp3) is 0.647. The zero-order chi connectivity index (χ0) is 34.7. The molecule has 2 saturated heterocycles. The van der Waals surface area contributed by atoms with E-state index in [2.05, 4.69) is 16.0 Å². The van der Waals surface area contributed by atoms with Gasteiger partial charge in [0.2, 0.25) is 23.6 Å². The lowest BCUT2D eigenvalue weighted by Gasteiger charge is -2.29. The van der Waals surface area contributed by atoms with Gasteiger partial charge in [-0.15, -0.1) is 0 Å². The lowest BCUT2D eigenvalue weighted by molar-refractivity contribution is -0.147. The van der Waals surface area contributed by atoms with Gasteiger partial charge in [-0.1, -0.05) is 50.6 Å². The second kappa shape index (κ2) is 17.1. The molecule has 2 fully saturated rings. The topological polar surface area (TPSA) is 163 Å². The second-order valence-electron chi connectivity index (χ2n) is 13.3. The van der Waals surface area contributed by atoms with Crippen LogP contribution in [0.5, 0.6) is 0 Å². The van der Waals surface area contributed by atoms with E-state index in [1.807, 2.05) is 44.2 Å². The number of benzene rings is 1. The summed E-state index contributed by atoms with van der Waals surface area (Å²) < 4.78 is 10.3. The van der Waals surface area contributed by atoms with E-state index in [4.69, 9.17) is 9.47 Å². The monoisotopic (exact) mass is 657 g/mol. The van der Waals surface area contributed by atoms with Crippen molar-refractivity contribution in [2.75, 3.05) is 26.7 Å². The van der Waals surface area contributed by atoms with E-state index in [1.165, 1.54) is 16.9 Å². The molecule has 0 bridgehead atoms. The van der Waals surface area contributed by atoms with E-state index in [1.54, 1.807) is 20.8 Å². The van der Waals surface area contributed by atoms with Crippen LogP contribution in [0.3, 0.4) is 0 Å². The van der Waals surface area contributed by atoms with Crippen LogP contribution in [-0.4, -0.2) is 102 Å². The molecule has 2 heterocycles. The molecule has 0 unspecified atom stereocenters. The summed E-state index contributed by atoms with van der Waals surface area (Å²) in [7, 11) is 1.26. The van der Waals surface area contributed by atoms with Gasteiger partial charge in [0.15, 0.2) is 0 Å². The van der Waals surface area contributed by atoms with E-state index >= 15 is 0 Å². The highest BCUT2D eigenvalue weighted by molar-refractivity contribution is 5.94. The Labute approximate surface area is 277 Å². The summed E-state index contributed by atoms with van der Waals surface area (Å²) in [5, 5.41) is 8.24. The summed E-state index contributed by atoms with van der Waals surface area (Å²) in [5.74, 6) is -2.30. The molecule has 47 heavy (non-hydrogen) atoms. The third-order valence-electron chi connectivity index (χ3n) is 8.60. The number of alkyl carbamates (subject to hydrolysis) is 1. The molecule has 13 nitrogen and oxygen atoms in total. The number of rotatable bonds is 13. The van der Waals surface area contributed by atoms with Crippen molar-refractivity contribution >= 4 is 35.7 Å². The van der Waals surface area contributed by atoms with Crippen molar-refractivity contribution in [2.24, 2.45) is 5.92 Å². The molecular weight excluding hydrogens is 606 g/mol. The van der Waals surface area contributed by atoms with Gasteiger partial charge in [0.1, 0.15) is 23.7 Å². The molecule has 0 aromatic heterocycles. The fourth-order valence-corrected chi connectivity index (χ4v) is 5.98. The van der Waals surface area contributed by atoms with Crippen molar-refractivity contribution in [2.45, 2.75) is 109 Å². The van der Waals surface area contributed by atoms with Crippen molar-refractivity contribution in [3.05, 3.63) is 35.9 Å². The number of esters is 1. The van der Waals surface area contributed by atoms with Gasteiger partial charge < -0.3 is 35.2 Å². The SMILES string of the molecule is CC[C@H](C)[C@H](NC(=O)[C@@H]1CCCN1C(=O)CNC(=O)[C@@H]1CCCN1C(=O)C[C@H](Cc1ccccc1)NC(=O)OC(C)(C)C)C(=O)OC. The summed E-state index contributed by atoms with van der Waals surface area (Å²) in [4.78, 5) is 80.9. The van der Waals surface area contributed by atoms with Crippen molar-refractivity contribution in [1.82, 2.24) is 25.8 Å². The quantitative estimate of drug-likeness (QED) is 0.272. The number of ether oxygens (including phenoxy) is 2. The Hall–Kier alpha value is -4.16. The Bertz CT molecular complexity index is 1270. The largest absolute Gasteiger partial charge is 0.467 e. The Morgan fingerprint density at radius 1 is 0.894 bits per heavy atom. The van der Waals surface area contributed by atoms with Crippen LogP contribution in [0.25, 0.3) is 0 Å². The third kappa shape index (κ3) is 11.0. The van der Waals surface area contributed by atoms with E-state index < -0.39 is 59.6 Å². The van der Waals surface area contributed by atoms with Crippen LogP contribution in [0.4, 0.5) is 4.79 Å². The Morgan fingerprint density at radius 2 is 1.49 bits per heavy atom. The molecule has 0 spiro atoms. The maximum Gasteiger partial charge on any atom is 0.407 e. The molecule has 5 amide bonds. The minimum atomic E-state index is -0.827. The average molecular weight is 658 g/mol. The van der Waals surface area contributed by atoms with Crippen LogP contribution in [0.15, 0.2) is 30.3 Å². The molecule has 260 valence electrons. The number of amides is 5. The van der Waals surface area contributed by atoms with Gasteiger partial charge in [-0.3, -0.25) is 19.2 Å². The van der Waals surface area contributed by atoms with Gasteiger partial charge in [0, 0.05) is 25.6 Å². The highest BCUT2D eigenvalue weighted by Crippen LogP contribution is 2.22. The van der Waals surface area contributed by atoms with Crippen molar-refractivity contribution < 1.29 is 38.2 Å². The van der Waals surface area contributed by atoms with Crippen molar-refractivity contribution in [3.63, 3.8) is 0 Å². The number of methoxy groups -OCH3 is 1. The predicted octanol–water partition coefficient (Wildman–Crippen LogP) is 2.31. The third-order valence-corrected chi connectivity index (χ3v) is 8.60. The minimum Gasteiger partial charge on any atom is -0.467 e. The van der Waals surface area contributed by atoms with Gasteiger partial charge in [-0.2, -0.15) is 0 Å². The van der Waals surface area contributed by atoms with Crippen LogP contribution < -0.4 is 16.0 Å². The molecule has 3 rings (SSSR count). The molecule has 5 atom stereocenters. The van der Waals surface area contributed by atoms with Gasteiger partial charge in [-0.05, 0) is 64.4 Å². The number of likely N-dealkylation sites (tertiary alicyclic amines) is 2. The summed E-state index contributed by atoms with van der Waals surface area (Å²) >= 11 is 0. The molecule has 0 radical (unpaired) electrons. The molecular formula is C34H51N5O8.